The van der Waals surface area contributed by atoms with Crippen LogP contribution in [-0.2, 0) is 21.0 Å². The summed E-state index contributed by atoms with van der Waals surface area (Å²) >= 11 is 0. The lowest BCUT2D eigenvalue weighted by atomic mass is 9.99. The molecule has 5 heterocycles. The fourth-order valence-electron chi connectivity index (χ4n) is 4.33. The Balaban J connectivity index is 1.42. The van der Waals surface area contributed by atoms with Crippen molar-refractivity contribution in [1.82, 2.24) is 15.0 Å². The molecule has 1 atom stereocenters. The summed E-state index contributed by atoms with van der Waals surface area (Å²) in [5.74, 6) is 0.471. The van der Waals surface area contributed by atoms with Gasteiger partial charge in [-0.2, -0.15) is 0 Å². The van der Waals surface area contributed by atoms with Crippen molar-refractivity contribution in [1.29, 1.82) is 0 Å². The molecule has 1 amide bonds. The lowest BCUT2D eigenvalue weighted by molar-refractivity contribution is 0.124. The van der Waals surface area contributed by atoms with E-state index in [2.05, 4.69) is 25.6 Å². The smallest absolute Gasteiger partial charge is 0.413 e. The maximum Gasteiger partial charge on any atom is 0.413 e. The zero-order chi connectivity index (χ0) is 23.2. The van der Waals surface area contributed by atoms with Gasteiger partial charge in [-0.15, -0.1) is 0 Å². The van der Waals surface area contributed by atoms with Gasteiger partial charge in [0.1, 0.15) is 17.7 Å². The van der Waals surface area contributed by atoms with E-state index >= 15 is 0 Å². The predicted octanol–water partition coefficient (Wildman–Crippen LogP) is 2.68. The van der Waals surface area contributed by atoms with Crippen molar-refractivity contribution in [2.45, 2.75) is 32.3 Å². The lowest BCUT2D eigenvalue weighted by Gasteiger charge is -2.21. The molecule has 1 saturated heterocycles. The van der Waals surface area contributed by atoms with Crippen LogP contribution in [0.25, 0.3) is 22.0 Å². The number of fused-ring (bicyclic) bond motifs is 2. The van der Waals surface area contributed by atoms with Crippen molar-refractivity contribution in [2.24, 2.45) is 0 Å². The van der Waals surface area contributed by atoms with Gasteiger partial charge in [-0.25, -0.2) is 23.2 Å². The molecule has 4 N–H and O–H groups in total. The average molecular weight is 469 g/mol. The summed E-state index contributed by atoms with van der Waals surface area (Å²) in [4.78, 5) is 25.6. The van der Waals surface area contributed by atoms with Crippen LogP contribution in [0.15, 0.2) is 24.5 Å². The number of rotatable bonds is 3. The summed E-state index contributed by atoms with van der Waals surface area (Å²) in [6.07, 6.45) is 4.28. The number of carbonyl (C=O) groups is 1. The fourth-order valence-corrected chi connectivity index (χ4v) is 5.92. The van der Waals surface area contributed by atoms with Gasteiger partial charge in [-0.1, -0.05) is 0 Å². The Morgan fingerprint density at radius 3 is 2.91 bits per heavy atom. The number of aryl methyl sites for hydroxylation is 1. The van der Waals surface area contributed by atoms with Gasteiger partial charge in [0, 0.05) is 29.9 Å². The standard InChI is InChI=1S/C22H24N6O4S/c1-12-15(9-25-17-3-2-5-24-20(12)17)18-7-13-8-19(26-10-16(13)21(23)27-18)28-22(29)32-14-4-6-33(30,31)11-14/h7-10,14,24H,2-6,11H2,1H3,(H2,23,27)(H,26,28,29)/t14-/m0/s1. The third-order valence-electron chi connectivity index (χ3n) is 6.02. The summed E-state index contributed by atoms with van der Waals surface area (Å²) < 4.78 is 28.3. The highest BCUT2D eigenvalue weighted by molar-refractivity contribution is 7.91. The number of hydrogen-bond acceptors (Lipinski definition) is 9. The van der Waals surface area contributed by atoms with Gasteiger partial charge in [-0.05, 0) is 49.3 Å². The van der Waals surface area contributed by atoms with Crippen LogP contribution in [0.2, 0.25) is 0 Å². The van der Waals surface area contributed by atoms with E-state index in [1.807, 2.05) is 19.2 Å². The second kappa shape index (κ2) is 8.14. The van der Waals surface area contributed by atoms with E-state index in [-0.39, 0.29) is 17.3 Å². The molecule has 3 aromatic heterocycles. The summed E-state index contributed by atoms with van der Waals surface area (Å²) in [5, 5.41) is 7.40. The zero-order valence-corrected chi connectivity index (χ0v) is 18.9. The largest absolute Gasteiger partial charge is 0.445 e. The lowest BCUT2D eigenvalue weighted by Crippen LogP contribution is -2.23. The number of carbonyl (C=O) groups excluding carboxylic acids is 1. The Bertz CT molecular complexity index is 1380. The van der Waals surface area contributed by atoms with Gasteiger partial charge in [-0.3, -0.25) is 10.3 Å². The Kier molecular flexibility index (Phi) is 5.28. The number of pyridine rings is 3. The summed E-state index contributed by atoms with van der Waals surface area (Å²) in [6.45, 7) is 2.95. The highest BCUT2D eigenvalue weighted by Crippen LogP contribution is 2.34. The molecule has 10 nitrogen and oxygen atoms in total. The van der Waals surface area contributed by atoms with Crippen LogP contribution in [0.3, 0.4) is 0 Å². The molecule has 2 aliphatic rings. The maximum atomic E-state index is 12.2. The summed E-state index contributed by atoms with van der Waals surface area (Å²) in [7, 11) is -3.14. The first-order valence-corrected chi connectivity index (χ1v) is 12.6. The van der Waals surface area contributed by atoms with E-state index in [9.17, 15) is 13.2 Å². The number of aromatic nitrogens is 3. The third-order valence-corrected chi connectivity index (χ3v) is 7.76. The van der Waals surface area contributed by atoms with Gasteiger partial charge in [0.25, 0.3) is 0 Å². The molecule has 11 heteroatoms. The summed E-state index contributed by atoms with van der Waals surface area (Å²) in [6, 6.07) is 3.57. The van der Waals surface area contributed by atoms with Gasteiger partial charge >= 0.3 is 6.09 Å². The number of amides is 1. The van der Waals surface area contributed by atoms with Crippen molar-refractivity contribution in [3.8, 4) is 11.3 Å². The zero-order valence-electron chi connectivity index (χ0n) is 18.1. The van der Waals surface area contributed by atoms with Crippen molar-refractivity contribution in [2.75, 3.05) is 34.4 Å². The average Bonchev–Trinajstić information content (AvgIpc) is 3.11. The topological polar surface area (TPSA) is 149 Å². The fraction of sp³-hybridized carbons (Fsp3) is 0.364. The molecular weight excluding hydrogens is 444 g/mol. The van der Waals surface area contributed by atoms with Gasteiger partial charge in [0.05, 0.1) is 28.6 Å². The first kappa shape index (κ1) is 21.4. The van der Waals surface area contributed by atoms with E-state index in [1.54, 1.807) is 6.07 Å². The SMILES string of the molecule is Cc1c(-c2cc3cc(NC(=O)O[C@H]4CCS(=O)(=O)C4)ncc3c(N)n2)cnc2c1NCCC2. The number of nitrogens with one attached hydrogen (secondary N) is 2. The summed E-state index contributed by atoms with van der Waals surface area (Å²) in [5.41, 5.74) is 10.9. The predicted molar refractivity (Wildman–Crippen MR) is 126 cm³/mol. The van der Waals surface area contributed by atoms with Crippen LogP contribution in [-0.4, -0.2) is 53.6 Å². The quantitative estimate of drug-likeness (QED) is 0.527. The third kappa shape index (κ3) is 4.28. The molecule has 0 aromatic carbocycles. The van der Waals surface area contributed by atoms with E-state index in [0.717, 1.165) is 47.3 Å². The second-order valence-corrected chi connectivity index (χ2v) is 10.6. The molecule has 172 valence electrons. The molecule has 0 bridgehead atoms. The number of ether oxygens (including phenoxy) is 1. The van der Waals surface area contributed by atoms with E-state index in [0.29, 0.717) is 23.3 Å². The van der Waals surface area contributed by atoms with Crippen LogP contribution in [0.1, 0.15) is 24.1 Å². The number of nitrogens with zero attached hydrogens (tertiary/aromatic N) is 3. The number of hydrogen-bond donors (Lipinski definition) is 3. The van der Waals surface area contributed by atoms with E-state index in [4.69, 9.17) is 10.5 Å². The Labute approximate surface area is 190 Å². The van der Waals surface area contributed by atoms with Gasteiger partial charge in [0.2, 0.25) is 0 Å². The number of nitrogen functional groups attached to an aromatic ring is 1. The second-order valence-electron chi connectivity index (χ2n) is 8.39. The van der Waals surface area contributed by atoms with Gasteiger partial charge < -0.3 is 15.8 Å². The van der Waals surface area contributed by atoms with Crippen molar-refractivity contribution in [3.63, 3.8) is 0 Å². The molecule has 0 unspecified atom stereocenters. The normalized spacial score (nSPS) is 19.0. The molecule has 0 spiro atoms. The van der Waals surface area contributed by atoms with Crippen LogP contribution in [0.5, 0.6) is 0 Å². The van der Waals surface area contributed by atoms with Crippen molar-refractivity contribution in [3.05, 3.63) is 35.8 Å². The minimum absolute atomic E-state index is 0.0285. The first-order chi connectivity index (χ1) is 15.8. The Morgan fingerprint density at radius 2 is 2.12 bits per heavy atom. The highest BCUT2D eigenvalue weighted by atomic mass is 32.2. The number of nitrogens with two attached hydrogens (primary N) is 1. The molecule has 33 heavy (non-hydrogen) atoms. The molecular formula is C22H24N6O4S. The highest BCUT2D eigenvalue weighted by Gasteiger charge is 2.30. The molecule has 0 aliphatic carbocycles. The number of sulfone groups is 1. The van der Waals surface area contributed by atoms with Crippen LogP contribution < -0.4 is 16.4 Å². The minimum Gasteiger partial charge on any atom is -0.445 e. The number of anilines is 3. The molecule has 0 saturated carbocycles. The van der Waals surface area contributed by atoms with Gasteiger partial charge in [0.15, 0.2) is 9.84 Å². The maximum absolute atomic E-state index is 12.2. The minimum atomic E-state index is -3.14. The molecule has 2 aliphatic heterocycles. The Hall–Kier alpha value is -3.47. The van der Waals surface area contributed by atoms with E-state index in [1.165, 1.54) is 6.20 Å². The van der Waals surface area contributed by atoms with Crippen LogP contribution >= 0.6 is 0 Å². The Morgan fingerprint density at radius 1 is 1.27 bits per heavy atom. The monoisotopic (exact) mass is 468 g/mol. The first-order valence-electron chi connectivity index (χ1n) is 10.8. The molecule has 1 fully saturated rings. The molecule has 3 aromatic rings. The molecule has 0 radical (unpaired) electrons. The van der Waals surface area contributed by atoms with Crippen LogP contribution in [0.4, 0.5) is 22.1 Å². The van der Waals surface area contributed by atoms with Crippen molar-refractivity contribution < 1.29 is 17.9 Å². The van der Waals surface area contributed by atoms with Crippen molar-refractivity contribution >= 4 is 44.0 Å². The molecule has 5 rings (SSSR count). The van der Waals surface area contributed by atoms with E-state index < -0.39 is 22.0 Å². The van der Waals surface area contributed by atoms with Crippen LogP contribution in [0, 0.1) is 6.92 Å².